The number of rotatable bonds is 5. The number of nitrogens with one attached hydrogen (secondary N) is 1. The highest BCUT2D eigenvalue weighted by Crippen LogP contribution is 2.29. The largest absolute Gasteiger partial charge is 0.352 e. The summed E-state index contributed by atoms with van der Waals surface area (Å²) in [6, 6.07) is -0.0197. The molecule has 0 bridgehead atoms. The molecule has 0 saturated heterocycles. The van der Waals surface area contributed by atoms with Crippen LogP contribution in [-0.2, 0) is 15.6 Å². The second kappa shape index (κ2) is 7.11. The lowest BCUT2D eigenvalue weighted by atomic mass is 9.78. The predicted molar refractivity (Wildman–Crippen MR) is 71.0 cm³/mol. The molecule has 1 rings (SSSR count). The highest BCUT2D eigenvalue weighted by molar-refractivity contribution is 7.84. The lowest BCUT2D eigenvalue weighted by Gasteiger charge is -2.30. The number of carbonyl (C=O) groups is 1. The number of amides is 1. The molecule has 5 heteroatoms. The molecule has 1 fully saturated rings. The van der Waals surface area contributed by atoms with E-state index < -0.39 is 10.8 Å². The molecule has 17 heavy (non-hydrogen) atoms. The Kier molecular flexibility index (Phi) is 6.12. The van der Waals surface area contributed by atoms with E-state index in [1.165, 1.54) is 6.42 Å². The first-order valence-corrected chi connectivity index (χ1v) is 8.07. The van der Waals surface area contributed by atoms with Crippen LogP contribution in [0.25, 0.3) is 0 Å². The monoisotopic (exact) mass is 260 g/mol. The van der Waals surface area contributed by atoms with Gasteiger partial charge in [0.05, 0.1) is 0 Å². The van der Waals surface area contributed by atoms with Gasteiger partial charge in [0.2, 0.25) is 5.91 Å². The van der Waals surface area contributed by atoms with Crippen LogP contribution in [0.3, 0.4) is 0 Å². The van der Waals surface area contributed by atoms with Crippen molar-refractivity contribution < 1.29 is 9.00 Å². The van der Waals surface area contributed by atoms with E-state index in [1.54, 1.807) is 6.26 Å². The molecule has 0 heterocycles. The fraction of sp³-hybridized carbons (Fsp3) is 0.917. The van der Waals surface area contributed by atoms with E-state index in [-0.39, 0.29) is 17.9 Å². The van der Waals surface area contributed by atoms with Crippen molar-refractivity contribution in [2.45, 2.75) is 38.6 Å². The number of carbonyl (C=O) groups excluding carboxylic acids is 1. The van der Waals surface area contributed by atoms with Crippen molar-refractivity contribution in [3.63, 3.8) is 0 Å². The van der Waals surface area contributed by atoms with Crippen LogP contribution in [-0.4, -0.2) is 34.7 Å². The molecule has 1 amide bonds. The van der Waals surface area contributed by atoms with E-state index in [9.17, 15) is 9.00 Å². The fourth-order valence-electron chi connectivity index (χ4n) is 2.58. The van der Waals surface area contributed by atoms with Gasteiger partial charge in [0.25, 0.3) is 0 Å². The molecule has 1 aliphatic rings. The number of hydrogen-bond donors (Lipinski definition) is 2. The zero-order valence-corrected chi connectivity index (χ0v) is 11.6. The van der Waals surface area contributed by atoms with Gasteiger partial charge in [0.1, 0.15) is 0 Å². The molecular formula is C12H24N2O2S. The normalized spacial score (nSPS) is 28.4. The Morgan fingerprint density at radius 2 is 2.12 bits per heavy atom. The van der Waals surface area contributed by atoms with Gasteiger partial charge in [-0.15, -0.1) is 0 Å². The van der Waals surface area contributed by atoms with E-state index in [0.29, 0.717) is 18.2 Å². The highest BCUT2D eigenvalue weighted by atomic mass is 32.2. The first-order chi connectivity index (χ1) is 8.04. The Balaban J connectivity index is 2.47. The molecule has 0 spiro atoms. The zero-order valence-electron chi connectivity index (χ0n) is 10.8. The van der Waals surface area contributed by atoms with E-state index >= 15 is 0 Å². The van der Waals surface area contributed by atoms with E-state index in [4.69, 9.17) is 5.73 Å². The molecule has 0 radical (unpaired) electrons. The van der Waals surface area contributed by atoms with E-state index in [2.05, 4.69) is 5.32 Å². The zero-order chi connectivity index (χ0) is 12.8. The van der Waals surface area contributed by atoms with Crippen LogP contribution < -0.4 is 11.1 Å². The Hall–Kier alpha value is -0.420. The summed E-state index contributed by atoms with van der Waals surface area (Å²) in [6.45, 7) is 2.49. The molecule has 1 aliphatic carbocycles. The van der Waals surface area contributed by atoms with Crippen molar-refractivity contribution in [1.82, 2.24) is 5.32 Å². The molecule has 0 aromatic carbocycles. The molecule has 100 valence electrons. The third kappa shape index (κ3) is 4.76. The first kappa shape index (κ1) is 14.6. The Bertz CT molecular complexity index is 284. The second-order valence-electron chi connectivity index (χ2n) is 5.04. The predicted octanol–water partition coefficient (Wildman–Crippen LogP) is 0.635. The molecule has 0 aromatic heterocycles. The molecule has 4 nitrogen and oxygen atoms in total. The quantitative estimate of drug-likeness (QED) is 0.762. The maximum Gasteiger partial charge on any atom is 0.223 e. The third-order valence-electron chi connectivity index (χ3n) is 3.42. The number of hydrogen-bond acceptors (Lipinski definition) is 3. The SMILES string of the molecule is CC(CS(C)=O)NC(=O)C1CCCCC1CN. The van der Waals surface area contributed by atoms with Gasteiger partial charge in [-0.2, -0.15) is 0 Å². The molecule has 3 N–H and O–H groups in total. The molecule has 0 aliphatic heterocycles. The summed E-state index contributed by atoms with van der Waals surface area (Å²) < 4.78 is 11.1. The van der Waals surface area contributed by atoms with Crippen molar-refractivity contribution in [3.8, 4) is 0 Å². The number of nitrogens with two attached hydrogens (primary N) is 1. The van der Waals surface area contributed by atoms with Gasteiger partial charge in [-0.1, -0.05) is 12.8 Å². The minimum Gasteiger partial charge on any atom is -0.352 e. The summed E-state index contributed by atoms with van der Waals surface area (Å²) >= 11 is 0. The van der Waals surface area contributed by atoms with Gasteiger partial charge in [-0.3, -0.25) is 9.00 Å². The topological polar surface area (TPSA) is 72.2 Å². The Morgan fingerprint density at radius 3 is 2.71 bits per heavy atom. The van der Waals surface area contributed by atoms with E-state index in [0.717, 1.165) is 19.3 Å². The van der Waals surface area contributed by atoms with Crippen LogP contribution in [0.15, 0.2) is 0 Å². The summed E-state index contributed by atoms with van der Waals surface area (Å²) in [6.07, 6.45) is 5.95. The van der Waals surface area contributed by atoms with Crippen molar-refractivity contribution in [2.75, 3.05) is 18.6 Å². The summed E-state index contributed by atoms with van der Waals surface area (Å²) in [7, 11) is -0.867. The summed E-state index contributed by atoms with van der Waals surface area (Å²) in [5, 5.41) is 2.96. The summed E-state index contributed by atoms with van der Waals surface area (Å²) in [5.74, 6) is 0.994. The van der Waals surface area contributed by atoms with Crippen LogP contribution >= 0.6 is 0 Å². The minimum atomic E-state index is -0.867. The van der Waals surface area contributed by atoms with Gasteiger partial charge < -0.3 is 11.1 Å². The average molecular weight is 260 g/mol. The van der Waals surface area contributed by atoms with Crippen LogP contribution in [0.1, 0.15) is 32.6 Å². The van der Waals surface area contributed by atoms with Gasteiger partial charge in [0, 0.05) is 34.8 Å². The summed E-state index contributed by atoms with van der Waals surface area (Å²) in [5.41, 5.74) is 5.71. The van der Waals surface area contributed by atoms with E-state index in [1.807, 2.05) is 6.92 Å². The van der Waals surface area contributed by atoms with Gasteiger partial charge in [0.15, 0.2) is 0 Å². The van der Waals surface area contributed by atoms with Crippen molar-refractivity contribution >= 4 is 16.7 Å². The fourth-order valence-corrected chi connectivity index (χ4v) is 3.37. The third-order valence-corrected chi connectivity index (χ3v) is 4.39. The van der Waals surface area contributed by atoms with Crippen molar-refractivity contribution in [1.29, 1.82) is 0 Å². The Morgan fingerprint density at radius 1 is 1.47 bits per heavy atom. The summed E-state index contributed by atoms with van der Waals surface area (Å²) in [4.78, 5) is 12.1. The maximum absolute atomic E-state index is 12.1. The Labute approximate surface area is 106 Å². The minimum absolute atomic E-state index is 0.0197. The highest BCUT2D eigenvalue weighted by Gasteiger charge is 2.30. The van der Waals surface area contributed by atoms with Gasteiger partial charge in [-0.05, 0) is 32.2 Å². The lowest BCUT2D eigenvalue weighted by Crippen LogP contribution is -2.44. The van der Waals surface area contributed by atoms with Crippen LogP contribution in [0.5, 0.6) is 0 Å². The first-order valence-electron chi connectivity index (χ1n) is 6.35. The van der Waals surface area contributed by atoms with Crippen LogP contribution in [0, 0.1) is 11.8 Å². The van der Waals surface area contributed by atoms with Crippen molar-refractivity contribution in [3.05, 3.63) is 0 Å². The van der Waals surface area contributed by atoms with Crippen LogP contribution in [0.4, 0.5) is 0 Å². The second-order valence-corrected chi connectivity index (χ2v) is 6.52. The smallest absolute Gasteiger partial charge is 0.223 e. The standard InChI is InChI=1S/C12H24N2O2S/c1-9(8-17(2)16)14-12(15)11-6-4-3-5-10(11)7-13/h9-11H,3-8,13H2,1-2H3,(H,14,15). The van der Waals surface area contributed by atoms with Gasteiger partial charge in [-0.25, -0.2) is 0 Å². The lowest BCUT2D eigenvalue weighted by molar-refractivity contribution is -0.128. The molecule has 1 saturated carbocycles. The molecule has 4 unspecified atom stereocenters. The van der Waals surface area contributed by atoms with Crippen molar-refractivity contribution in [2.24, 2.45) is 17.6 Å². The maximum atomic E-state index is 12.1. The molecular weight excluding hydrogens is 236 g/mol. The molecule has 0 aromatic rings. The van der Waals surface area contributed by atoms with Gasteiger partial charge >= 0.3 is 0 Å². The molecule has 4 atom stereocenters. The van der Waals surface area contributed by atoms with Crippen LogP contribution in [0.2, 0.25) is 0 Å². The average Bonchev–Trinajstić information content (AvgIpc) is 2.27.